The first-order valence-electron chi connectivity index (χ1n) is 7.34. The van der Waals surface area contributed by atoms with Crippen molar-refractivity contribution in [1.29, 1.82) is 0 Å². The third-order valence-corrected chi connectivity index (χ3v) is 3.94. The largest absolute Gasteiger partial charge is 0.497 e. The summed E-state index contributed by atoms with van der Waals surface area (Å²) in [5, 5.41) is 0. The highest BCUT2D eigenvalue weighted by molar-refractivity contribution is 7.80. The van der Waals surface area contributed by atoms with Crippen molar-refractivity contribution in [2.75, 3.05) is 19.5 Å². The molecule has 1 aromatic carbocycles. The van der Waals surface area contributed by atoms with Gasteiger partial charge in [-0.1, -0.05) is 34.1 Å². The third-order valence-electron chi connectivity index (χ3n) is 3.42. The van der Waals surface area contributed by atoms with E-state index in [1.807, 2.05) is 12.1 Å². The van der Waals surface area contributed by atoms with Gasteiger partial charge in [-0.2, -0.15) is 12.6 Å². The topological polar surface area (TPSA) is 18.5 Å². The molecule has 0 N–H and O–H groups in total. The Kier molecular flexibility index (Phi) is 6.74. The summed E-state index contributed by atoms with van der Waals surface area (Å²) in [4.78, 5) is 0. The fraction of sp³-hybridized carbons (Fsp3) is 0.647. The van der Waals surface area contributed by atoms with Crippen LogP contribution < -0.4 is 9.47 Å². The van der Waals surface area contributed by atoms with Crippen LogP contribution in [0.3, 0.4) is 0 Å². The maximum Gasteiger partial charge on any atom is 0.123 e. The molecular formula is C17H28O2S. The summed E-state index contributed by atoms with van der Waals surface area (Å²) in [5.41, 5.74) is 1.22. The van der Waals surface area contributed by atoms with E-state index in [9.17, 15) is 0 Å². The zero-order valence-corrected chi connectivity index (χ0v) is 14.3. The average Bonchev–Trinajstić information content (AvgIpc) is 2.42. The highest BCUT2D eigenvalue weighted by atomic mass is 32.1. The summed E-state index contributed by atoms with van der Waals surface area (Å²) in [7, 11) is 1.69. The average molecular weight is 296 g/mol. The normalized spacial score (nSPS) is 13.1. The summed E-state index contributed by atoms with van der Waals surface area (Å²) in [6, 6.07) is 6.05. The Balaban J connectivity index is 2.88. The van der Waals surface area contributed by atoms with Crippen molar-refractivity contribution in [3.05, 3.63) is 23.8 Å². The molecule has 1 aromatic rings. The van der Waals surface area contributed by atoms with Gasteiger partial charge in [-0.3, -0.25) is 0 Å². The minimum absolute atomic E-state index is 0.0328. The van der Waals surface area contributed by atoms with Crippen molar-refractivity contribution in [2.24, 2.45) is 5.92 Å². The van der Waals surface area contributed by atoms with Crippen LogP contribution >= 0.6 is 12.6 Å². The molecule has 3 heteroatoms. The van der Waals surface area contributed by atoms with Gasteiger partial charge in [-0.25, -0.2) is 0 Å². The first kappa shape index (κ1) is 17.2. The van der Waals surface area contributed by atoms with Crippen LogP contribution in [0.5, 0.6) is 11.5 Å². The molecule has 0 saturated heterocycles. The zero-order chi connectivity index (χ0) is 15.2. The van der Waals surface area contributed by atoms with E-state index in [-0.39, 0.29) is 5.41 Å². The second-order valence-corrected chi connectivity index (χ2v) is 6.63. The Bertz CT molecular complexity index is 410. The Hall–Kier alpha value is -0.830. The van der Waals surface area contributed by atoms with E-state index >= 15 is 0 Å². The van der Waals surface area contributed by atoms with Crippen LogP contribution in [0, 0.1) is 5.92 Å². The van der Waals surface area contributed by atoms with Gasteiger partial charge < -0.3 is 9.47 Å². The van der Waals surface area contributed by atoms with Crippen molar-refractivity contribution in [3.63, 3.8) is 0 Å². The fourth-order valence-electron chi connectivity index (χ4n) is 2.19. The molecule has 0 bridgehead atoms. The molecule has 0 aliphatic heterocycles. The lowest BCUT2D eigenvalue weighted by atomic mass is 9.86. The molecule has 0 aliphatic rings. The van der Waals surface area contributed by atoms with Gasteiger partial charge in [-0.15, -0.1) is 0 Å². The quantitative estimate of drug-likeness (QED) is 0.734. The van der Waals surface area contributed by atoms with Gasteiger partial charge in [0.05, 0.1) is 13.7 Å². The molecule has 1 unspecified atom stereocenters. The molecule has 0 radical (unpaired) electrons. The van der Waals surface area contributed by atoms with Gasteiger partial charge in [0.25, 0.3) is 0 Å². The van der Waals surface area contributed by atoms with Crippen molar-refractivity contribution in [1.82, 2.24) is 0 Å². The predicted octanol–water partition coefficient (Wildman–Crippen LogP) is 4.72. The molecule has 0 saturated carbocycles. The number of hydrogen-bond acceptors (Lipinski definition) is 3. The van der Waals surface area contributed by atoms with Crippen molar-refractivity contribution < 1.29 is 9.47 Å². The molecule has 0 aromatic heterocycles. The van der Waals surface area contributed by atoms with Gasteiger partial charge in [0, 0.05) is 11.5 Å². The van der Waals surface area contributed by atoms with Gasteiger partial charge in [0.2, 0.25) is 0 Å². The van der Waals surface area contributed by atoms with E-state index in [0.717, 1.165) is 30.3 Å². The molecule has 20 heavy (non-hydrogen) atoms. The van der Waals surface area contributed by atoms with Crippen molar-refractivity contribution in [3.8, 4) is 11.5 Å². The first-order chi connectivity index (χ1) is 9.42. The second-order valence-electron chi connectivity index (χ2n) is 6.26. The fourth-order valence-corrected chi connectivity index (χ4v) is 2.48. The highest BCUT2D eigenvalue weighted by Crippen LogP contribution is 2.34. The van der Waals surface area contributed by atoms with Crippen molar-refractivity contribution >= 4 is 12.6 Å². The lowest BCUT2D eigenvalue weighted by Gasteiger charge is -2.24. The minimum Gasteiger partial charge on any atom is -0.497 e. The molecule has 114 valence electrons. The monoisotopic (exact) mass is 296 g/mol. The lowest BCUT2D eigenvalue weighted by molar-refractivity contribution is 0.249. The van der Waals surface area contributed by atoms with E-state index < -0.39 is 0 Å². The van der Waals surface area contributed by atoms with E-state index in [2.05, 4.69) is 46.4 Å². The van der Waals surface area contributed by atoms with E-state index in [1.165, 1.54) is 12.0 Å². The molecule has 0 heterocycles. The second kappa shape index (κ2) is 7.82. The van der Waals surface area contributed by atoms with Crippen LogP contribution in [0.2, 0.25) is 0 Å². The van der Waals surface area contributed by atoms with Crippen LogP contribution in [0.1, 0.15) is 46.1 Å². The summed E-state index contributed by atoms with van der Waals surface area (Å²) < 4.78 is 11.4. The van der Waals surface area contributed by atoms with E-state index in [0.29, 0.717) is 5.92 Å². The van der Waals surface area contributed by atoms with Gasteiger partial charge >= 0.3 is 0 Å². The summed E-state index contributed by atoms with van der Waals surface area (Å²) in [6.45, 7) is 9.50. The number of benzene rings is 1. The van der Waals surface area contributed by atoms with Crippen LogP contribution in [0.15, 0.2) is 18.2 Å². The summed E-state index contributed by atoms with van der Waals surface area (Å²) in [5.74, 6) is 3.22. The smallest absolute Gasteiger partial charge is 0.123 e. The SMILES string of the molecule is CCCC(CS)COc1ccc(OC)cc1C(C)(C)C. The van der Waals surface area contributed by atoms with Crippen LogP contribution in [0.25, 0.3) is 0 Å². The zero-order valence-electron chi connectivity index (χ0n) is 13.4. The molecule has 2 nitrogen and oxygen atoms in total. The van der Waals surface area contributed by atoms with Crippen LogP contribution in [-0.2, 0) is 5.41 Å². The maximum atomic E-state index is 6.06. The Morgan fingerprint density at radius 1 is 1.25 bits per heavy atom. The van der Waals surface area contributed by atoms with Gasteiger partial charge in [0.15, 0.2) is 0 Å². The number of rotatable bonds is 7. The number of thiol groups is 1. The molecule has 1 atom stereocenters. The molecule has 0 aliphatic carbocycles. The van der Waals surface area contributed by atoms with Gasteiger partial charge in [-0.05, 0) is 35.8 Å². The minimum atomic E-state index is 0.0328. The highest BCUT2D eigenvalue weighted by Gasteiger charge is 2.20. The lowest BCUT2D eigenvalue weighted by Crippen LogP contribution is -2.18. The number of ether oxygens (including phenoxy) is 2. The van der Waals surface area contributed by atoms with E-state index in [4.69, 9.17) is 9.47 Å². The Morgan fingerprint density at radius 2 is 1.95 bits per heavy atom. The van der Waals surface area contributed by atoms with Crippen LogP contribution in [-0.4, -0.2) is 19.5 Å². The summed E-state index contributed by atoms with van der Waals surface area (Å²) in [6.07, 6.45) is 2.33. The molecule has 0 fully saturated rings. The maximum absolute atomic E-state index is 6.06. The standard InChI is InChI=1S/C17H28O2S/c1-6-7-13(12-20)11-19-16-9-8-14(18-5)10-15(16)17(2,3)4/h8-10,13,20H,6-7,11-12H2,1-5H3. The number of hydrogen-bond donors (Lipinski definition) is 1. The molecular weight excluding hydrogens is 268 g/mol. The van der Waals surface area contributed by atoms with Crippen LogP contribution in [0.4, 0.5) is 0 Å². The Morgan fingerprint density at radius 3 is 2.45 bits per heavy atom. The molecule has 0 amide bonds. The Labute approximate surface area is 129 Å². The first-order valence-corrected chi connectivity index (χ1v) is 7.97. The summed E-state index contributed by atoms with van der Waals surface area (Å²) >= 11 is 4.41. The number of methoxy groups -OCH3 is 1. The molecule has 0 spiro atoms. The van der Waals surface area contributed by atoms with Crippen molar-refractivity contribution in [2.45, 2.75) is 46.0 Å². The molecule has 1 rings (SSSR count). The third kappa shape index (κ3) is 4.93. The predicted molar refractivity (Wildman–Crippen MR) is 89.4 cm³/mol. The van der Waals surface area contributed by atoms with Gasteiger partial charge in [0.1, 0.15) is 11.5 Å². The van der Waals surface area contributed by atoms with E-state index in [1.54, 1.807) is 7.11 Å².